The van der Waals surface area contributed by atoms with Crippen LogP contribution >= 0.6 is 21.6 Å². The van der Waals surface area contributed by atoms with Gasteiger partial charge in [-0.25, -0.2) is 0 Å². The average molecular weight is 835 g/mol. The molecule has 0 aromatic heterocycles. The fraction of sp³-hybridized carbons (Fsp3) is 0.810. The van der Waals surface area contributed by atoms with Crippen LogP contribution in [0.1, 0.15) is 83.5 Å². The Labute approximate surface area is 342 Å². The quantitative estimate of drug-likeness (QED) is 0.133. The molecule has 318 valence electrons. The van der Waals surface area contributed by atoms with Crippen molar-refractivity contribution in [2.45, 2.75) is 131 Å². The highest BCUT2D eigenvalue weighted by molar-refractivity contribution is 8.76. The van der Waals surface area contributed by atoms with Crippen LogP contribution in [0.2, 0.25) is 0 Å². The number of hydrogen-bond donors (Lipinski definition) is 9. The molecule has 0 aromatic rings. The van der Waals surface area contributed by atoms with Crippen LogP contribution in [-0.2, 0) is 19.1 Å². The molecule has 9 N–H and O–H groups in total. The summed E-state index contributed by atoms with van der Waals surface area (Å²) in [6.07, 6.45) is 9.48. The highest BCUT2D eigenvalue weighted by atomic mass is 33.1. The Hall–Kier alpha value is -1.34. The van der Waals surface area contributed by atoms with Gasteiger partial charge in [0, 0.05) is 30.3 Å². The SMILES string of the molecule is O=C1C2CCCC3O[C@@H]4O[C@]5(CO)C=C[C@H](CC6CCNC(C6)NCSS[C@H](CCCO)[C@@]6(C(=O)C32)C(O)=CC(CC2CCCC(CO)C2)=C[C@@H]16)[C@@](O)([C@H]4O)[C@@H]5O. The molecular weight excluding hydrogens is 773 g/mol. The van der Waals surface area contributed by atoms with E-state index < -0.39 is 76.7 Å². The van der Waals surface area contributed by atoms with Crippen LogP contribution in [-0.4, -0.2) is 127 Å². The van der Waals surface area contributed by atoms with E-state index in [4.69, 9.17) is 9.47 Å². The van der Waals surface area contributed by atoms with Gasteiger partial charge in [0.1, 0.15) is 40.4 Å². The van der Waals surface area contributed by atoms with E-state index in [0.29, 0.717) is 57.2 Å². The molecular formula is C42H62N2O11S2. The number of nitrogens with one attached hydrogen (secondary N) is 2. The van der Waals surface area contributed by atoms with Crippen LogP contribution in [0.15, 0.2) is 35.6 Å². The molecule has 0 radical (unpaired) electrons. The van der Waals surface area contributed by atoms with Crippen LogP contribution < -0.4 is 10.6 Å². The van der Waals surface area contributed by atoms with Gasteiger partial charge >= 0.3 is 0 Å². The second-order valence-electron chi connectivity index (χ2n) is 18.3. The Kier molecular flexibility index (Phi) is 12.8. The summed E-state index contributed by atoms with van der Waals surface area (Å²) in [5, 5.41) is 85.8. The lowest BCUT2D eigenvalue weighted by atomic mass is 9.50. The standard InChI is InChI=1S/C42H62N2O11S2/c45-13-3-8-32-41-29(17-26(18-31(41)48)15-23-4-1-5-25(14-23)20-46)35(49)28-6-2-7-30(34(28)36(41)50)54-38-37(51)42(53)27(9-11-40(21-47,55-38)39(42)52)16-24-10-12-43-33(19-24)44-22-56-57-32/h9,11,17-18,23-25,27-30,32-34,37-39,43-48,51-53H,1-8,10,12-16,19-22H2/t23?,24?,25?,27-,28?,29+,30?,32-,33?,34?,37+,38-,39-,40+,41+,42-/m1/s1. The van der Waals surface area contributed by atoms with Crippen molar-refractivity contribution in [1.82, 2.24) is 10.6 Å². The van der Waals surface area contributed by atoms with E-state index >= 15 is 9.59 Å². The molecule has 3 saturated carbocycles. The van der Waals surface area contributed by atoms with Gasteiger partial charge in [0.25, 0.3) is 0 Å². The lowest BCUT2D eigenvalue weighted by Gasteiger charge is -2.59. The van der Waals surface area contributed by atoms with Crippen molar-refractivity contribution in [3.8, 4) is 0 Å². The summed E-state index contributed by atoms with van der Waals surface area (Å²) in [6, 6.07) is 0. The summed E-state index contributed by atoms with van der Waals surface area (Å²) in [6.45, 7) is 0.0351. The zero-order valence-electron chi connectivity index (χ0n) is 32.6. The summed E-state index contributed by atoms with van der Waals surface area (Å²) >= 11 is 0. The van der Waals surface area contributed by atoms with Gasteiger partial charge in [-0.05, 0) is 100 Å². The van der Waals surface area contributed by atoms with Gasteiger partial charge in [-0.2, -0.15) is 0 Å². The first-order valence-corrected chi connectivity index (χ1v) is 23.8. The molecule has 3 saturated heterocycles. The van der Waals surface area contributed by atoms with Gasteiger partial charge in [-0.15, -0.1) is 0 Å². The first-order valence-electron chi connectivity index (χ1n) is 21.4. The van der Waals surface area contributed by atoms with E-state index in [9.17, 15) is 35.7 Å². The molecule has 7 unspecified atom stereocenters. The van der Waals surface area contributed by atoms with Crippen LogP contribution in [0.3, 0.4) is 0 Å². The average Bonchev–Trinajstić information content (AvgIpc) is 3.21. The number of rotatable bonds is 7. The third kappa shape index (κ3) is 7.34. The molecule has 57 heavy (non-hydrogen) atoms. The number of aliphatic hydroxyl groups is 7. The van der Waals surface area contributed by atoms with Gasteiger partial charge in [0.05, 0.1) is 36.6 Å². The number of carbonyl (C=O) groups is 2. The lowest BCUT2D eigenvalue weighted by Crippen LogP contribution is -2.76. The van der Waals surface area contributed by atoms with E-state index in [1.807, 2.05) is 6.08 Å². The van der Waals surface area contributed by atoms with Crippen molar-refractivity contribution in [1.29, 1.82) is 0 Å². The maximum absolute atomic E-state index is 15.7. The number of ketones is 2. The highest BCUT2D eigenvalue weighted by Crippen LogP contribution is 2.60. The largest absolute Gasteiger partial charge is 0.511 e. The van der Waals surface area contributed by atoms with Gasteiger partial charge < -0.3 is 50.5 Å². The molecule has 13 nitrogen and oxygen atoms in total. The molecule has 0 aromatic carbocycles. The van der Waals surface area contributed by atoms with Crippen LogP contribution in [0, 0.1) is 46.8 Å². The zero-order chi connectivity index (χ0) is 40.1. The number of Topliss-reactive ketones (excluding diaryl/α,β-unsaturated/α-hetero) is 2. The van der Waals surface area contributed by atoms with Crippen LogP contribution in [0.25, 0.3) is 0 Å². The minimum absolute atomic E-state index is 0.0720. The summed E-state index contributed by atoms with van der Waals surface area (Å²) in [5.74, 6) is -2.84. The Morgan fingerprint density at radius 3 is 2.56 bits per heavy atom. The molecule has 1 spiro atoms. The Balaban J connectivity index is 1.20. The smallest absolute Gasteiger partial charge is 0.188 e. The van der Waals surface area contributed by atoms with E-state index in [2.05, 4.69) is 10.6 Å². The lowest BCUT2D eigenvalue weighted by molar-refractivity contribution is -0.375. The number of fused-ring (bicyclic) bond motifs is 4. The zero-order valence-corrected chi connectivity index (χ0v) is 34.3. The minimum atomic E-state index is -2.14. The summed E-state index contributed by atoms with van der Waals surface area (Å²) < 4.78 is 12.9. The Morgan fingerprint density at radius 2 is 1.77 bits per heavy atom. The molecule has 3 aliphatic heterocycles. The first kappa shape index (κ1) is 42.4. The summed E-state index contributed by atoms with van der Waals surface area (Å²) in [4.78, 5) is 30.8. The van der Waals surface area contributed by atoms with Crippen molar-refractivity contribution >= 4 is 33.2 Å². The van der Waals surface area contributed by atoms with E-state index in [0.717, 1.165) is 44.2 Å². The van der Waals surface area contributed by atoms with E-state index in [1.165, 1.54) is 21.6 Å². The number of carbonyl (C=O) groups excluding carboxylic acids is 2. The first-order chi connectivity index (χ1) is 27.5. The second kappa shape index (κ2) is 17.2. The fourth-order valence-corrected chi connectivity index (χ4v) is 15.0. The summed E-state index contributed by atoms with van der Waals surface area (Å²) in [5.41, 5.74) is -4.74. The Bertz CT molecular complexity index is 1600. The second-order valence-corrected chi connectivity index (χ2v) is 20.8. The topological polar surface area (TPSA) is 218 Å². The Morgan fingerprint density at radius 1 is 0.965 bits per heavy atom. The van der Waals surface area contributed by atoms with Gasteiger partial charge in [0.2, 0.25) is 0 Å². The van der Waals surface area contributed by atoms with E-state index in [1.54, 1.807) is 18.2 Å². The van der Waals surface area contributed by atoms with Crippen molar-refractivity contribution in [2.24, 2.45) is 46.8 Å². The monoisotopic (exact) mass is 834 g/mol. The van der Waals surface area contributed by atoms with Gasteiger partial charge in [0.15, 0.2) is 12.1 Å². The normalized spacial score (nSPS) is 47.6. The molecule has 7 bridgehead atoms. The molecule has 15 heteroatoms. The predicted molar refractivity (Wildman–Crippen MR) is 214 cm³/mol. The number of ether oxygens (including phenoxy) is 2. The molecule has 3 heterocycles. The molecule has 16 atom stereocenters. The van der Waals surface area contributed by atoms with E-state index in [-0.39, 0.29) is 54.5 Å². The number of hydrogen-bond acceptors (Lipinski definition) is 15. The molecule has 0 amide bonds. The number of aliphatic hydroxyl groups excluding tert-OH is 6. The van der Waals surface area contributed by atoms with Crippen molar-refractivity contribution < 1.29 is 54.8 Å². The third-order valence-electron chi connectivity index (χ3n) is 15.0. The van der Waals surface area contributed by atoms with Crippen molar-refractivity contribution in [2.75, 3.05) is 32.2 Å². The predicted octanol–water partition coefficient (Wildman–Crippen LogP) is 2.64. The number of piperidine rings is 1. The van der Waals surface area contributed by atoms with Gasteiger partial charge in [-0.3, -0.25) is 14.9 Å². The van der Waals surface area contributed by atoms with Crippen molar-refractivity contribution in [3.05, 3.63) is 35.6 Å². The summed E-state index contributed by atoms with van der Waals surface area (Å²) in [7, 11) is 2.99. The molecule has 8 rings (SSSR count). The fourth-order valence-electron chi connectivity index (χ4n) is 12.1. The highest BCUT2D eigenvalue weighted by Gasteiger charge is 2.69. The maximum atomic E-state index is 15.7. The molecule has 5 aliphatic carbocycles. The van der Waals surface area contributed by atoms with Crippen LogP contribution in [0.5, 0.6) is 0 Å². The minimum Gasteiger partial charge on any atom is -0.511 e. The number of allylic oxidation sites excluding steroid dienone is 4. The molecule has 8 aliphatic rings. The maximum Gasteiger partial charge on any atom is 0.188 e. The van der Waals surface area contributed by atoms with Gasteiger partial charge in [-0.1, -0.05) is 59.1 Å². The third-order valence-corrected chi connectivity index (χ3v) is 17.8. The molecule has 6 fully saturated rings. The van der Waals surface area contributed by atoms with Crippen molar-refractivity contribution in [3.63, 3.8) is 0 Å². The van der Waals surface area contributed by atoms with Crippen LogP contribution in [0.4, 0.5) is 0 Å².